The molecule has 3 N–H and O–H groups in total. The monoisotopic (exact) mass is 408 g/mol. The Hall–Kier alpha value is -3.32. The van der Waals surface area contributed by atoms with E-state index in [0.29, 0.717) is 12.2 Å². The van der Waals surface area contributed by atoms with Gasteiger partial charge in [0.05, 0.1) is 23.1 Å². The van der Waals surface area contributed by atoms with Gasteiger partial charge in [0.15, 0.2) is 0 Å². The third-order valence-corrected chi connectivity index (χ3v) is 5.25. The number of piperidine rings is 1. The zero-order chi connectivity index (χ0) is 21.1. The molecular formula is C23H22F2N4O. The van der Waals surface area contributed by atoms with Gasteiger partial charge in [-0.15, -0.1) is 0 Å². The number of nitrogens with one attached hydrogen (secondary N) is 1. The molecule has 0 saturated carbocycles. The van der Waals surface area contributed by atoms with Gasteiger partial charge in [-0.05, 0) is 31.0 Å². The molecule has 4 rings (SSSR count). The molecule has 5 nitrogen and oxygen atoms in total. The number of hydrogen-bond acceptors (Lipinski definition) is 4. The van der Waals surface area contributed by atoms with Gasteiger partial charge in [-0.1, -0.05) is 30.3 Å². The summed E-state index contributed by atoms with van der Waals surface area (Å²) in [6.07, 6.45) is 5.09. The molecule has 1 aromatic heterocycles. The fourth-order valence-corrected chi connectivity index (χ4v) is 3.77. The number of nitrogens with zero attached hydrogens (tertiary/aromatic N) is 2. The summed E-state index contributed by atoms with van der Waals surface area (Å²) in [6, 6.07) is 12.1. The van der Waals surface area contributed by atoms with Crippen LogP contribution in [0.2, 0.25) is 0 Å². The van der Waals surface area contributed by atoms with E-state index in [2.05, 4.69) is 15.2 Å². The largest absolute Gasteiger partial charge is 0.368 e. The molecule has 1 amide bonds. The summed E-state index contributed by atoms with van der Waals surface area (Å²) < 4.78 is 29.3. The quantitative estimate of drug-likeness (QED) is 0.679. The van der Waals surface area contributed by atoms with E-state index < -0.39 is 17.5 Å². The van der Waals surface area contributed by atoms with E-state index in [4.69, 9.17) is 5.73 Å². The van der Waals surface area contributed by atoms with Crippen molar-refractivity contribution in [2.24, 2.45) is 5.73 Å². The summed E-state index contributed by atoms with van der Waals surface area (Å²) in [7, 11) is 0. The summed E-state index contributed by atoms with van der Waals surface area (Å²) in [4.78, 5) is 19.1. The maximum atomic E-state index is 15.1. The number of carbonyl (C=O) groups excluding carboxylic acids is 1. The number of anilines is 2. The normalized spacial score (nSPS) is 16.4. The lowest BCUT2D eigenvalue weighted by atomic mass is 10.0. The topological polar surface area (TPSA) is 71.2 Å². The van der Waals surface area contributed by atoms with Crippen molar-refractivity contribution in [3.63, 3.8) is 0 Å². The molecule has 30 heavy (non-hydrogen) atoms. The molecule has 2 heterocycles. The minimum atomic E-state index is -0.773. The highest BCUT2D eigenvalue weighted by atomic mass is 19.1. The van der Waals surface area contributed by atoms with Crippen molar-refractivity contribution in [2.75, 3.05) is 23.3 Å². The van der Waals surface area contributed by atoms with Crippen LogP contribution in [0.5, 0.6) is 0 Å². The summed E-state index contributed by atoms with van der Waals surface area (Å²) >= 11 is 0. The first-order valence-electron chi connectivity index (χ1n) is 9.84. The summed E-state index contributed by atoms with van der Waals surface area (Å²) in [6.45, 7) is 1.49. The van der Waals surface area contributed by atoms with E-state index in [9.17, 15) is 9.18 Å². The average molecular weight is 408 g/mol. The molecule has 2 aromatic carbocycles. The Labute approximate surface area is 173 Å². The van der Waals surface area contributed by atoms with Crippen LogP contribution in [0.25, 0.3) is 11.1 Å². The number of benzene rings is 2. The zero-order valence-corrected chi connectivity index (χ0v) is 16.3. The summed E-state index contributed by atoms with van der Waals surface area (Å²) in [5, 5.41) is 2.76. The molecule has 0 bridgehead atoms. The van der Waals surface area contributed by atoms with Crippen LogP contribution in [0.15, 0.2) is 60.9 Å². The van der Waals surface area contributed by atoms with Crippen LogP contribution in [0, 0.1) is 11.6 Å². The third kappa shape index (κ3) is 4.02. The van der Waals surface area contributed by atoms with E-state index in [0.717, 1.165) is 25.1 Å². The molecule has 0 spiro atoms. The Bertz CT molecular complexity index is 1070. The molecule has 7 heteroatoms. The fraction of sp³-hybridized carbons (Fsp3) is 0.217. The highest BCUT2D eigenvalue weighted by Crippen LogP contribution is 2.30. The van der Waals surface area contributed by atoms with E-state index in [1.54, 1.807) is 18.3 Å². The highest BCUT2D eigenvalue weighted by molar-refractivity contribution is 6.06. The number of nitrogens with two attached hydrogens (primary N) is 1. The molecule has 1 saturated heterocycles. The second kappa shape index (κ2) is 8.59. The summed E-state index contributed by atoms with van der Waals surface area (Å²) in [5.41, 5.74) is 7.33. The first kappa shape index (κ1) is 20.0. The van der Waals surface area contributed by atoms with E-state index in [1.165, 1.54) is 42.6 Å². The van der Waals surface area contributed by atoms with E-state index >= 15 is 4.39 Å². The number of hydrogen-bond donors (Lipinski definition) is 2. The Morgan fingerprint density at radius 2 is 1.90 bits per heavy atom. The molecule has 1 fully saturated rings. The van der Waals surface area contributed by atoms with Gasteiger partial charge in [-0.25, -0.2) is 8.78 Å². The van der Waals surface area contributed by atoms with Gasteiger partial charge in [0.2, 0.25) is 0 Å². The number of halogens is 2. The molecule has 3 aromatic rings. The molecule has 154 valence electrons. The van der Waals surface area contributed by atoms with Crippen molar-refractivity contribution < 1.29 is 13.6 Å². The number of amides is 1. The Balaban J connectivity index is 1.63. The minimum Gasteiger partial charge on any atom is -0.368 e. The molecule has 0 unspecified atom stereocenters. The minimum absolute atomic E-state index is 0.0363. The zero-order valence-electron chi connectivity index (χ0n) is 16.3. The van der Waals surface area contributed by atoms with Gasteiger partial charge >= 0.3 is 0 Å². The Kier molecular flexibility index (Phi) is 5.72. The van der Waals surface area contributed by atoms with Gasteiger partial charge in [0.25, 0.3) is 5.91 Å². The third-order valence-electron chi connectivity index (χ3n) is 5.25. The Morgan fingerprint density at radius 1 is 1.10 bits per heavy atom. The molecule has 0 radical (unpaired) electrons. The number of pyridine rings is 1. The number of aromatic nitrogens is 1. The Morgan fingerprint density at radius 3 is 2.70 bits per heavy atom. The first-order valence-corrected chi connectivity index (χ1v) is 9.84. The maximum absolute atomic E-state index is 15.1. The van der Waals surface area contributed by atoms with E-state index in [1.807, 2.05) is 0 Å². The molecule has 1 aliphatic heterocycles. The molecule has 1 atom stereocenters. The van der Waals surface area contributed by atoms with Crippen molar-refractivity contribution >= 4 is 17.3 Å². The van der Waals surface area contributed by atoms with Gasteiger partial charge < -0.3 is 16.0 Å². The average Bonchev–Trinajstić information content (AvgIpc) is 2.75. The second-order valence-electron chi connectivity index (χ2n) is 7.34. The van der Waals surface area contributed by atoms with Crippen molar-refractivity contribution in [3.05, 3.63) is 78.1 Å². The molecule has 1 aliphatic rings. The predicted octanol–water partition coefficient (Wildman–Crippen LogP) is 4.21. The van der Waals surface area contributed by atoms with Crippen LogP contribution in [-0.2, 0) is 0 Å². The molecular weight excluding hydrogens is 386 g/mol. The van der Waals surface area contributed by atoms with Crippen LogP contribution < -0.4 is 16.0 Å². The lowest BCUT2D eigenvalue weighted by Gasteiger charge is -2.33. The summed E-state index contributed by atoms with van der Waals surface area (Å²) in [5.74, 6) is -1.95. The van der Waals surface area contributed by atoms with Gasteiger partial charge in [-0.2, -0.15) is 0 Å². The highest BCUT2D eigenvalue weighted by Gasteiger charge is 2.22. The van der Waals surface area contributed by atoms with Crippen LogP contribution in [-0.4, -0.2) is 30.0 Å². The number of carbonyl (C=O) groups is 1. The lowest BCUT2D eigenvalue weighted by molar-refractivity contribution is 0.102. The predicted molar refractivity (Wildman–Crippen MR) is 113 cm³/mol. The SMILES string of the molecule is N[C@H]1CCCN(c2ccncc2NC(=O)c2cccc(-c3ccccc3F)c2F)C1. The van der Waals surface area contributed by atoms with Crippen LogP contribution in [0.4, 0.5) is 20.2 Å². The maximum Gasteiger partial charge on any atom is 0.258 e. The van der Waals surface area contributed by atoms with Crippen molar-refractivity contribution in [1.29, 1.82) is 0 Å². The van der Waals surface area contributed by atoms with Crippen molar-refractivity contribution in [2.45, 2.75) is 18.9 Å². The van der Waals surface area contributed by atoms with E-state index in [-0.39, 0.29) is 22.7 Å². The molecule has 0 aliphatic carbocycles. The smallest absolute Gasteiger partial charge is 0.258 e. The second-order valence-corrected chi connectivity index (χ2v) is 7.34. The first-order chi connectivity index (χ1) is 14.5. The lowest BCUT2D eigenvalue weighted by Crippen LogP contribution is -2.43. The van der Waals surface area contributed by atoms with Gasteiger partial charge in [0.1, 0.15) is 11.6 Å². The van der Waals surface area contributed by atoms with Crippen molar-refractivity contribution in [3.8, 4) is 11.1 Å². The van der Waals surface area contributed by atoms with Crippen LogP contribution in [0.3, 0.4) is 0 Å². The van der Waals surface area contributed by atoms with Crippen LogP contribution in [0.1, 0.15) is 23.2 Å². The van der Waals surface area contributed by atoms with Crippen molar-refractivity contribution in [1.82, 2.24) is 4.98 Å². The van der Waals surface area contributed by atoms with Crippen LogP contribution >= 0.6 is 0 Å². The van der Waals surface area contributed by atoms with Gasteiger partial charge in [0, 0.05) is 36.5 Å². The van der Waals surface area contributed by atoms with Gasteiger partial charge in [-0.3, -0.25) is 9.78 Å². The fourth-order valence-electron chi connectivity index (χ4n) is 3.77. The standard InChI is InChI=1S/C23H22F2N4O/c24-19-9-2-1-6-16(19)17-7-3-8-18(22(17)25)23(30)28-20-13-27-11-10-21(20)29-12-4-5-15(26)14-29/h1-3,6-11,13,15H,4-5,12,14,26H2,(H,28,30)/t15-/m0/s1. The number of rotatable bonds is 4.